The molecule has 0 amide bonds. The van der Waals surface area contributed by atoms with Gasteiger partial charge in [-0.25, -0.2) is 4.98 Å². The van der Waals surface area contributed by atoms with E-state index in [1.54, 1.807) is 7.11 Å². The quantitative estimate of drug-likeness (QED) is 0.326. The number of carbonyl (C=O) groups excluding carboxylic acids is 1. The molecule has 0 fully saturated rings. The van der Waals surface area contributed by atoms with Crippen LogP contribution < -0.4 is 4.74 Å². The number of hydrogen-bond donors (Lipinski definition) is 0. The number of benzene rings is 3. The van der Waals surface area contributed by atoms with Gasteiger partial charge in [-0.05, 0) is 93.0 Å². The molecule has 0 aliphatic heterocycles. The maximum Gasteiger partial charge on any atom is 0.225 e. The number of ether oxygens (including phenoxy) is 1. The lowest BCUT2D eigenvalue weighted by Gasteiger charge is -2.16. The number of aryl methyl sites for hydroxylation is 3. The number of methoxy groups -OCH3 is 1. The van der Waals surface area contributed by atoms with Crippen LogP contribution in [-0.4, -0.2) is 17.2 Å². The predicted octanol–water partition coefficient (Wildman–Crippen LogP) is 7.08. The van der Waals surface area contributed by atoms with Gasteiger partial charge in [0.1, 0.15) is 5.75 Å². The lowest BCUT2D eigenvalue weighted by molar-refractivity contribution is 0.109. The van der Waals surface area contributed by atoms with E-state index in [-0.39, 0.29) is 5.12 Å². The van der Waals surface area contributed by atoms with Crippen LogP contribution in [0.25, 0.3) is 22.2 Å². The summed E-state index contributed by atoms with van der Waals surface area (Å²) in [6.07, 6.45) is 0. The lowest BCUT2D eigenvalue weighted by atomic mass is 9.95. The third-order valence-corrected chi connectivity index (χ3v) is 6.36. The number of pyridine rings is 1. The zero-order valence-electron chi connectivity index (χ0n) is 18.4. The molecule has 4 rings (SSSR count). The Bertz CT molecular complexity index is 1280. The van der Waals surface area contributed by atoms with Crippen molar-refractivity contribution in [1.82, 2.24) is 4.98 Å². The molecule has 0 saturated carbocycles. The molecule has 3 nitrogen and oxygen atoms in total. The van der Waals surface area contributed by atoms with E-state index in [1.165, 1.54) is 17.3 Å². The van der Waals surface area contributed by atoms with Gasteiger partial charge in [-0.3, -0.25) is 4.79 Å². The van der Waals surface area contributed by atoms with Crippen LogP contribution in [0.15, 0.2) is 65.6 Å². The predicted molar refractivity (Wildman–Crippen MR) is 129 cm³/mol. The Hall–Kier alpha value is -3.11. The van der Waals surface area contributed by atoms with Crippen LogP contribution in [0.2, 0.25) is 0 Å². The number of rotatable bonds is 4. The maximum atomic E-state index is 13.6. The van der Waals surface area contributed by atoms with Crippen molar-refractivity contribution in [2.24, 2.45) is 0 Å². The SMILES string of the molecule is COc1ccc(-c2nc3c(C)cc(C)cc3c(C(=O)Sc3ccc(C)cc3)c2C)cc1. The van der Waals surface area contributed by atoms with Crippen molar-refractivity contribution < 1.29 is 9.53 Å². The first-order valence-electron chi connectivity index (χ1n) is 10.2. The summed E-state index contributed by atoms with van der Waals surface area (Å²) in [7, 11) is 1.65. The number of hydrogen-bond acceptors (Lipinski definition) is 4. The molecule has 0 radical (unpaired) electrons. The van der Waals surface area contributed by atoms with E-state index in [2.05, 4.69) is 26.0 Å². The highest BCUT2D eigenvalue weighted by Crippen LogP contribution is 2.36. The second-order valence-corrected chi connectivity index (χ2v) is 8.92. The van der Waals surface area contributed by atoms with Gasteiger partial charge in [0.25, 0.3) is 0 Å². The molecule has 156 valence electrons. The smallest absolute Gasteiger partial charge is 0.225 e. The second-order valence-electron chi connectivity index (χ2n) is 7.87. The van der Waals surface area contributed by atoms with Crippen LogP contribution in [0.4, 0.5) is 0 Å². The zero-order valence-corrected chi connectivity index (χ0v) is 19.3. The molecule has 0 saturated heterocycles. The average molecular weight is 428 g/mol. The molecule has 0 aliphatic carbocycles. The standard InChI is InChI=1S/C27H25NO2S/c1-16-6-12-22(13-7-16)31-27(29)24-19(4)26(20-8-10-21(30-5)11-9-20)28-25-18(3)14-17(2)15-23(24)25/h6-15H,1-5H3. The van der Waals surface area contributed by atoms with E-state index in [4.69, 9.17) is 9.72 Å². The number of fused-ring (bicyclic) bond motifs is 1. The molecule has 1 aromatic heterocycles. The molecule has 4 heteroatoms. The monoisotopic (exact) mass is 427 g/mol. The fraction of sp³-hybridized carbons (Fsp3) is 0.185. The van der Waals surface area contributed by atoms with Gasteiger partial charge in [-0.2, -0.15) is 0 Å². The van der Waals surface area contributed by atoms with Crippen LogP contribution in [-0.2, 0) is 0 Å². The van der Waals surface area contributed by atoms with Gasteiger partial charge in [0.05, 0.1) is 18.3 Å². The first-order chi connectivity index (χ1) is 14.9. The van der Waals surface area contributed by atoms with Crippen LogP contribution in [0.5, 0.6) is 5.75 Å². The van der Waals surface area contributed by atoms with E-state index in [0.29, 0.717) is 0 Å². The van der Waals surface area contributed by atoms with Crippen molar-refractivity contribution >= 4 is 27.8 Å². The molecule has 31 heavy (non-hydrogen) atoms. The number of carbonyl (C=O) groups is 1. The van der Waals surface area contributed by atoms with Crippen LogP contribution in [0.1, 0.15) is 32.6 Å². The Kier molecular flexibility index (Phi) is 5.84. The molecule has 3 aromatic carbocycles. The fourth-order valence-electron chi connectivity index (χ4n) is 3.87. The van der Waals surface area contributed by atoms with Crippen molar-refractivity contribution in [3.05, 3.63) is 88.5 Å². The minimum absolute atomic E-state index is 0.0357. The molecular weight excluding hydrogens is 402 g/mol. The van der Waals surface area contributed by atoms with Crippen molar-refractivity contribution in [2.75, 3.05) is 7.11 Å². The molecule has 1 heterocycles. The van der Waals surface area contributed by atoms with Gasteiger partial charge in [-0.1, -0.05) is 29.3 Å². The van der Waals surface area contributed by atoms with E-state index in [1.807, 2.05) is 62.4 Å². The third-order valence-electron chi connectivity index (χ3n) is 5.47. The summed E-state index contributed by atoms with van der Waals surface area (Å²) >= 11 is 1.27. The van der Waals surface area contributed by atoms with Gasteiger partial charge in [-0.15, -0.1) is 0 Å². The molecule has 0 N–H and O–H groups in total. The Morgan fingerprint density at radius 2 is 1.55 bits per heavy atom. The van der Waals surface area contributed by atoms with E-state index in [0.717, 1.165) is 55.1 Å². The Balaban J connectivity index is 1.91. The molecule has 0 spiro atoms. The van der Waals surface area contributed by atoms with Gasteiger partial charge in [0.2, 0.25) is 5.12 Å². The summed E-state index contributed by atoms with van der Waals surface area (Å²) in [5, 5.41) is 0.949. The summed E-state index contributed by atoms with van der Waals surface area (Å²) < 4.78 is 5.30. The average Bonchev–Trinajstić information content (AvgIpc) is 2.75. The molecule has 0 unspecified atom stereocenters. The minimum atomic E-state index is 0.0357. The van der Waals surface area contributed by atoms with Crippen molar-refractivity contribution in [2.45, 2.75) is 32.6 Å². The van der Waals surface area contributed by atoms with Gasteiger partial charge in [0.15, 0.2) is 0 Å². The van der Waals surface area contributed by atoms with Gasteiger partial charge in [0, 0.05) is 21.4 Å². The summed E-state index contributed by atoms with van der Waals surface area (Å²) in [5.74, 6) is 0.792. The summed E-state index contributed by atoms with van der Waals surface area (Å²) in [6, 6.07) is 20.1. The first-order valence-corrected chi connectivity index (χ1v) is 11.0. The van der Waals surface area contributed by atoms with E-state index >= 15 is 0 Å². The Morgan fingerprint density at radius 3 is 2.19 bits per heavy atom. The van der Waals surface area contributed by atoms with Crippen LogP contribution in [0.3, 0.4) is 0 Å². The third kappa shape index (κ3) is 4.21. The highest BCUT2D eigenvalue weighted by Gasteiger charge is 2.21. The zero-order chi connectivity index (χ0) is 22.1. The lowest BCUT2D eigenvalue weighted by Crippen LogP contribution is -2.04. The Morgan fingerprint density at radius 1 is 0.871 bits per heavy atom. The first kappa shape index (κ1) is 21.1. The van der Waals surface area contributed by atoms with Crippen LogP contribution in [0, 0.1) is 27.7 Å². The minimum Gasteiger partial charge on any atom is -0.497 e. The number of thioether (sulfide) groups is 1. The molecule has 0 aliphatic rings. The fourth-order valence-corrected chi connectivity index (χ4v) is 4.72. The van der Waals surface area contributed by atoms with Crippen molar-refractivity contribution in [3.8, 4) is 17.0 Å². The summed E-state index contributed by atoms with van der Waals surface area (Å²) in [6.45, 7) is 8.15. The summed E-state index contributed by atoms with van der Waals surface area (Å²) in [4.78, 5) is 19.5. The molecular formula is C27H25NO2S. The maximum absolute atomic E-state index is 13.6. The topological polar surface area (TPSA) is 39.2 Å². The Labute approximate surface area is 187 Å². The highest BCUT2D eigenvalue weighted by molar-refractivity contribution is 8.14. The molecule has 0 bridgehead atoms. The normalized spacial score (nSPS) is 11.0. The highest BCUT2D eigenvalue weighted by atomic mass is 32.2. The van der Waals surface area contributed by atoms with Crippen molar-refractivity contribution in [1.29, 1.82) is 0 Å². The number of nitrogens with zero attached hydrogens (tertiary/aromatic N) is 1. The largest absolute Gasteiger partial charge is 0.497 e. The van der Waals surface area contributed by atoms with E-state index in [9.17, 15) is 4.79 Å². The molecule has 4 aromatic rings. The van der Waals surface area contributed by atoms with Crippen LogP contribution >= 0.6 is 11.8 Å². The van der Waals surface area contributed by atoms with Crippen molar-refractivity contribution in [3.63, 3.8) is 0 Å². The second kappa shape index (κ2) is 8.56. The molecule has 0 atom stereocenters. The number of aromatic nitrogens is 1. The van der Waals surface area contributed by atoms with Gasteiger partial charge >= 0.3 is 0 Å². The van der Waals surface area contributed by atoms with Gasteiger partial charge < -0.3 is 4.74 Å². The summed E-state index contributed by atoms with van der Waals surface area (Å²) in [5.41, 5.74) is 7.66. The van der Waals surface area contributed by atoms with E-state index < -0.39 is 0 Å².